The normalized spacial score (nSPS) is 28.8. The highest BCUT2D eigenvalue weighted by Gasteiger charge is 2.67. The smallest absolute Gasteiger partial charge is 0.277 e. The summed E-state index contributed by atoms with van der Waals surface area (Å²) in [6.07, 6.45) is 3.75. The van der Waals surface area contributed by atoms with Crippen molar-refractivity contribution in [3.05, 3.63) is 71.4 Å². The zero-order valence-corrected chi connectivity index (χ0v) is 16.2. The summed E-state index contributed by atoms with van der Waals surface area (Å²) < 4.78 is 0. The van der Waals surface area contributed by atoms with Crippen LogP contribution in [0.15, 0.2) is 54.7 Å². The van der Waals surface area contributed by atoms with Gasteiger partial charge in [-0.05, 0) is 42.8 Å². The van der Waals surface area contributed by atoms with E-state index in [0.29, 0.717) is 11.3 Å². The number of hydrogen-bond donors (Lipinski definition) is 2. The lowest BCUT2D eigenvalue weighted by Gasteiger charge is -2.30. The number of nitrogens with one attached hydrogen (secondary N) is 1. The van der Waals surface area contributed by atoms with Gasteiger partial charge >= 0.3 is 0 Å². The van der Waals surface area contributed by atoms with Crippen LogP contribution in [0.5, 0.6) is 0 Å². The van der Waals surface area contributed by atoms with Crippen molar-refractivity contribution in [3.63, 3.8) is 0 Å². The molecule has 3 amide bonds. The minimum absolute atomic E-state index is 0.101. The molecule has 1 unspecified atom stereocenters. The maximum atomic E-state index is 13.5. The molecule has 7 heteroatoms. The molecule has 0 radical (unpaired) electrons. The number of carbonyl (C=O) groups is 4. The van der Waals surface area contributed by atoms with Gasteiger partial charge in [0.05, 0.1) is 11.9 Å². The zero-order valence-electron chi connectivity index (χ0n) is 16.2. The lowest BCUT2D eigenvalue weighted by atomic mass is 9.84. The molecular weight excluding hydrogens is 382 g/mol. The molecule has 0 spiro atoms. The first kappa shape index (κ1) is 18.4. The highest BCUT2D eigenvalue weighted by molar-refractivity contribution is 6.23. The first-order valence-corrected chi connectivity index (χ1v) is 9.82. The maximum Gasteiger partial charge on any atom is 0.277 e. The van der Waals surface area contributed by atoms with Crippen molar-refractivity contribution in [2.24, 2.45) is 17.6 Å². The van der Waals surface area contributed by atoms with E-state index in [1.54, 1.807) is 24.3 Å². The van der Waals surface area contributed by atoms with Crippen LogP contribution in [0.3, 0.4) is 0 Å². The third-order valence-corrected chi connectivity index (χ3v) is 6.46. The molecule has 2 aromatic rings. The highest BCUT2D eigenvalue weighted by atomic mass is 16.2. The van der Waals surface area contributed by atoms with E-state index in [4.69, 9.17) is 5.73 Å². The molecule has 5 atom stereocenters. The Morgan fingerprint density at radius 3 is 2.30 bits per heavy atom. The maximum absolute atomic E-state index is 13.5. The second kappa shape index (κ2) is 6.47. The fourth-order valence-electron chi connectivity index (χ4n) is 5.18. The second-order valence-corrected chi connectivity index (χ2v) is 7.99. The van der Waals surface area contributed by atoms with Gasteiger partial charge in [-0.15, -0.1) is 0 Å². The Morgan fingerprint density at radius 2 is 1.63 bits per heavy atom. The SMILES string of the molecule is CC(=O)c1ccc(N2C(=O)[C@@H]3[C@H](C2=O)[C@@H]2c4ccccc4C=C[NH+]2[C@@H]3C(N)=O)cc1. The predicted molar refractivity (Wildman–Crippen MR) is 108 cm³/mol. The van der Waals surface area contributed by atoms with Crippen LogP contribution in [0.1, 0.15) is 34.5 Å². The average Bonchev–Trinajstić information content (AvgIpc) is 3.21. The monoisotopic (exact) mass is 402 g/mol. The van der Waals surface area contributed by atoms with Crippen molar-refractivity contribution >= 4 is 35.3 Å². The summed E-state index contributed by atoms with van der Waals surface area (Å²) in [7, 11) is 0. The summed E-state index contributed by atoms with van der Waals surface area (Å²) in [5.41, 5.74) is 8.51. The van der Waals surface area contributed by atoms with E-state index < -0.39 is 29.7 Å². The molecule has 0 bridgehead atoms. The molecule has 2 aromatic carbocycles. The van der Waals surface area contributed by atoms with Gasteiger partial charge in [0.1, 0.15) is 17.9 Å². The minimum Gasteiger partial charge on any atom is -0.364 e. The molecule has 3 N–H and O–H groups in total. The van der Waals surface area contributed by atoms with E-state index in [1.807, 2.05) is 36.5 Å². The zero-order chi connectivity index (χ0) is 21.2. The van der Waals surface area contributed by atoms with Crippen LogP contribution >= 0.6 is 0 Å². The van der Waals surface area contributed by atoms with Crippen LogP contribution in [-0.2, 0) is 14.4 Å². The summed E-state index contributed by atoms with van der Waals surface area (Å²) in [6, 6.07) is 12.9. The fourth-order valence-corrected chi connectivity index (χ4v) is 5.18. The summed E-state index contributed by atoms with van der Waals surface area (Å²) in [5.74, 6) is -2.95. The summed E-state index contributed by atoms with van der Waals surface area (Å²) in [5, 5.41) is 0. The number of rotatable bonds is 3. The number of ketones is 1. The van der Waals surface area contributed by atoms with Crippen LogP contribution < -0.4 is 15.5 Å². The van der Waals surface area contributed by atoms with Crippen LogP contribution in [0, 0.1) is 11.8 Å². The largest absolute Gasteiger partial charge is 0.364 e. The van der Waals surface area contributed by atoms with E-state index in [0.717, 1.165) is 20.9 Å². The molecule has 3 aliphatic rings. The molecule has 7 nitrogen and oxygen atoms in total. The summed E-state index contributed by atoms with van der Waals surface area (Å²) in [4.78, 5) is 52.7. The number of hydrogen-bond acceptors (Lipinski definition) is 4. The fraction of sp³-hybridized carbons (Fsp3) is 0.217. The number of carbonyl (C=O) groups excluding carboxylic acids is 4. The molecule has 3 heterocycles. The van der Waals surface area contributed by atoms with Crippen molar-refractivity contribution < 1.29 is 24.1 Å². The van der Waals surface area contributed by atoms with Gasteiger partial charge in [0.2, 0.25) is 11.8 Å². The quantitative estimate of drug-likeness (QED) is 0.576. The lowest BCUT2D eigenvalue weighted by molar-refractivity contribution is -0.884. The number of imide groups is 1. The minimum atomic E-state index is -0.821. The number of anilines is 1. The third kappa shape index (κ3) is 2.42. The second-order valence-electron chi connectivity index (χ2n) is 7.99. The number of nitrogens with zero attached hydrogens (tertiary/aromatic N) is 1. The van der Waals surface area contributed by atoms with E-state index in [2.05, 4.69) is 0 Å². The number of quaternary nitrogens is 1. The molecule has 0 aromatic heterocycles. The number of benzene rings is 2. The lowest BCUT2D eigenvalue weighted by Crippen LogP contribution is -3.12. The van der Waals surface area contributed by atoms with Crippen molar-refractivity contribution in [2.45, 2.75) is 19.0 Å². The van der Waals surface area contributed by atoms with Gasteiger partial charge in [-0.2, -0.15) is 0 Å². The average molecular weight is 402 g/mol. The van der Waals surface area contributed by atoms with Crippen LogP contribution in [0.2, 0.25) is 0 Å². The van der Waals surface area contributed by atoms with E-state index in [-0.39, 0.29) is 17.7 Å². The molecule has 3 aliphatic heterocycles. The predicted octanol–water partition coefficient (Wildman–Crippen LogP) is 0.473. The molecule has 0 aliphatic carbocycles. The first-order chi connectivity index (χ1) is 14.4. The van der Waals surface area contributed by atoms with E-state index in [9.17, 15) is 19.2 Å². The summed E-state index contributed by atoms with van der Waals surface area (Å²) in [6.45, 7) is 1.45. The van der Waals surface area contributed by atoms with Crippen molar-refractivity contribution in [2.75, 3.05) is 4.90 Å². The molecule has 5 rings (SSSR count). The van der Waals surface area contributed by atoms with E-state index >= 15 is 0 Å². The third-order valence-electron chi connectivity index (χ3n) is 6.46. The number of nitrogens with two attached hydrogens (primary N) is 1. The number of Topliss-reactive ketones (excluding diaryl/α,β-unsaturated/α-hetero) is 1. The Balaban J connectivity index is 1.60. The summed E-state index contributed by atoms with van der Waals surface area (Å²) >= 11 is 0. The van der Waals surface area contributed by atoms with Crippen molar-refractivity contribution in [3.8, 4) is 0 Å². The van der Waals surface area contributed by atoms with Crippen LogP contribution in [0.4, 0.5) is 5.69 Å². The Labute approximate surface area is 172 Å². The van der Waals surface area contributed by atoms with Crippen molar-refractivity contribution in [1.82, 2.24) is 0 Å². The van der Waals surface area contributed by atoms with Gasteiger partial charge in [0, 0.05) is 11.1 Å². The van der Waals surface area contributed by atoms with Crippen LogP contribution in [0.25, 0.3) is 6.08 Å². The Hall–Kier alpha value is -3.58. The standard InChI is InChI=1S/C23H19N3O4/c1-12(27)13-6-8-15(9-7-13)26-22(29)17-18(23(26)30)20(21(24)28)25-11-10-14-4-2-3-5-16(14)19(17)25/h2-11,17-20H,1H3,(H2,24,28)/p+1/t17-,18+,19-,20-/m0/s1. The van der Waals surface area contributed by atoms with Crippen molar-refractivity contribution in [1.29, 1.82) is 0 Å². The molecule has 150 valence electrons. The number of primary amides is 1. The number of fused-ring (bicyclic) bond motifs is 5. The molecule has 30 heavy (non-hydrogen) atoms. The van der Waals surface area contributed by atoms with Gasteiger partial charge in [-0.25, -0.2) is 4.90 Å². The molecule has 0 saturated carbocycles. The van der Waals surface area contributed by atoms with Gasteiger partial charge < -0.3 is 5.73 Å². The Kier molecular flexibility index (Phi) is 3.98. The van der Waals surface area contributed by atoms with E-state index in [1.165, 1.54) is 6.92 Å². The molecule has 2 saturated heterocycles. The Morgan fingerprint density at radius 1 is 0.967 bits per heavy atom. The van der Waals surface area contributed by atoms with Gasteiger partial charge in [0.15, 0.2) is 11.8 Å². The first-order valence-electron chi connectivity index (χ1n) is 9.82. The van der Waals surface area contributed by atoms with Gasteiger partial charge in [0.25, 0.3) is 5.91 Å². The number of amides is 3. The van der Waals surface area contributed by atoms with Gasteiger partial charge in [-0.3, -0.25) is 24.1 Å². The Bertz CT molecular complexity index is 1140. The van der Waals surface area contributed by atoms with Crippen LogP contribution in [-0.4, -0.2) is 29.5 Å². The molecule has 2 fully saturated rings. The van der Waals surface area contributed by atoms with Gasteiger partial charge in [-0.1, -0.05) is 24.3 Å². The highest BCUT2D eigenvalue weighted by Crippen LogP contribution is 2.44. The topological polar surface area (TPSA) is 102 Å². The molecular formula is C23H20N3O4+.